The minimum absolute atomic E-state index is 0.128. The molecule has 1 heterocycles. The fourth-order valence-electron chi connectivity index (χ4n) is 3.39. The van der Waals surface area contributed by atoms with Gasteiger partial charge in [-0.2, -0.15) is 13.2 Å². The van der Waals surface area contributed by atoms with E-state index in [0.29, 0.717) is 27.6 Å². The van der Waals surface area contributed by atoms with Gasteiger partial charge < -0.3 is 20.3 Å². The Kier molecular flexibility index (Phi) is 7.06. The Morgan fingerprint density at radius 2 is 1.88 bits per heavy atom. The molecule has 0 saturated heterocycles. The lowest BCUT2D eigenvalue weighted by molar-refractivity contribution is -0.139. The number of esters is 1. The summed E-state index contributed by atoms with van der Waals surface area (Å²) in [6, 6.07) is 10.2. The summed E-state index contributed by atoms with van der Waals surface area (Å²) in [5.41, 5.74) is 0.927. The number of benzene rings is 2. The molecule has 0 aromatic heterocycles. The molecule has 2 aromatic carbocycles. The molecule has 1 atom stereocenters. The number of anilines is 1. The highest BCUT2D eigenvalue weighted by Gasteiger charge is 2.34. The molecule has 3 rings (SSSR count). The second-order valence-corrected chi connectivity index (χ2v) is 7.71. The Hall–Kier alpha value is -3.40. The summed E-state index contributed by atoms with van der Waals surface area (Å²) < 4.78 is 44.1. The summed E-state index contributed by atoms with van der Waals surface area (Å²) in [6.45, 7) is 3.66. The molecule has 10 heteroatoms. The third kappa shape index (κ3) is 5.33. The van der Waals surface area contributed by atoms with E-state index in [0.717, 1.165) is 12.1 Å². The van der Waals surface area contributed by atoms with Gasteiger partial charge in [-0.15, -0.1) is 0 Å². The second kappa shape index (κ2) is 9.62. The zero-order chi connectivity index (χ0) is 24.3. The standard InChI is InChI=1S/C23H22F3N3O3S/c1-4-32-21(31)18-13(2)29(3)22(33)28-19(18)14-7-6-10-17(12-14)27-20(30)15-8-5-9-16(11-15)23(24,25)26/h5-12,19H,4H2,1-3H3,(H,27,30)(H,28,33). The molecule has 174 valence electrons. The SMILES string of the molecule is CCOC(=O)C1=C(C)N(C)C(=S)NC1c1cccc(NC(=O)c2cccc(C(F)(F)F)c2)c1. The van der Waals surface area contributed by atoms with E-state index < -0.39 is 29.7 Å². The van der Waals surface area contributed by atoms with Crippen LogP contribution in [-0.4, -0.2) is 35.5 Å². The molecule has 2 aromatic rings. The van der Waals surface area contributed by atoms with E-state index in [9.17, 15) is 22.8 Å². The molecule has 2 N–H and O–H groups in total. The van der Waals surface area contributed by atoms with Crippen molar-refractivity contribution in [3.63, 3.8) is 0 Å². The first-order valence-corrected chi connectivity index (χ1v) is 10.4. The lowest BCUT2D eigenvalue weighted by Gasteiger charge is -2.35. The number of nitrogens with one attached hydrogen (secondary N) is 2. The van der Waals surface area contributed by atoms with Crippen LogP contribution in [0.15, 0.2) is 59.8 Å². The maximum atomic E-state index is 13.0. The van der Waals surface area contributed by atoms with Crippen molar-refractivity contribution in [1.29, 1.82) is 0 Å². The minimum atomic E-state index is -4.55. The molecular formula is C23H22F3N3O3S. The number of ether oxygens (including phenoxy) is 1. The van der Waals surface area contributed by atoms with Crippen LogP contribution in [0, 0.1) is 0 Å². The van der Waals surface area contributed by atoms with Gasteiger partial charge in [0.05, 0.1) is 23.8 Å². The first-order chi connectivity index (χ1) is 15.5. The number of halogens is 3. The molecule has 1 unspecified atom stereocenters. The average Bonchev–Trinajstić information content (AvgIpc) is 2.77. The number of thiocarbonyl (C=S) groups is 1. The predicted octanol–water partition coefficient (Wildman–Crippen LogP) is 4.66. The third-order valence-electron chi connectivity index (χ3n) is 5.18. The van der Waals surface area contributed by atoms with E-state index in [2.05, 4.69) is 10.6 Å². The van der Waals surface area contributed by atoms with Crippen LogP contribution >= 0.6 is 12.2 Å². The summed E-state index contributed by atoms with van der Waals surface area (Å²) in [5.74, 6) is -1.19. The largest absolute Gasteiger partial charge is 0.463 e. The summed E-state index contributed by atoms with van der Waals surface area (Å²) in [7, 11) is 1.73. The third-order valence-corrected chi connectivity index (χ3v) is 5.57. The van der Waals surface area contributed by atoms with Crippen LogP contribution in [0.5, 0.6) is 0 Å². The number of rotatable bonds is 5. The van der Waals surface area contributed by atoms with E-state index in [1.54, 1.807) is 50.1 Å². The van der Waals surface area contributed by atoms with E-state index in [1.165, 1.54) is 12.1 Å². The van der Waals surface area contributed by atoms with Crippen LogP contribution in [0.2, 0.25) is 0 Å². The summed E-state index contributed by atoms with van der Waals surface area (Å²) in [6.07, 6.45) is -4.55. The highest BCUT2D eigenvalue weighted by atomic mass is 32.1. The Morgan fingerprint density at radius 1 is 1.18 bits per heavy atom. The Labute approximate surface area is 194 Å². The number of carbonyl (C=O) groups excluding carboxylic acids is 2. The van der Waals surface area contributed by atoms with Crippen LogP contribution in [-0.2, 0) is 15.7 Å². The Bertz CT molecular complexity index is 1130. The first kappa shape index (κ1) is 24.2. The number of allylic oxidation sites excluding steroid dienone is 1. The van der Waals surface area contributed by atoms with Crippen LogP contribution in [0.3, 0.4) is 0 Å². The quantitative estimate of drug-likeness (QED) is 0.483. The molecule has 0 saturated carbocycles. The lowest BCUT2D eigenvalue weighted by atomic mass is 9.94. The van der Waals surface area contributed by atoms with Crippen molar-refractivity contribution >= 4 is 34.9 Å². The zero-order valence-electron chi connectivity index (χ0n) is 18.1. The van der Waals surface area contributed by atoms with Crippen molar-refractivity contribution in [2.24, 2.45) is 0 Å². The molecule has 1 aliphatic heterocycles. The van der Waals surface area contributed by atoms with Gasteiger partial charge >= 0.3 is 12.1 Å². The van der Waals surface area contributed by atoms with Gasteiger partial charge in [-0.25, -0.2) is 4.79 Å². The topological polar surface area (TPSA) is 70.7 Å². The molecule has 0 bridgehead atoms. The molecule has 6 nitrogen and oxygen atoms in total. The fraction of sp³-hybridized carbons (Fsp3) is 0.261. The zero-order valence-corrected chi connectivity index (χ0v) is 18.9. The van der Waals surface area contributed by atoms with Crippen molar-refractivity contribution < 1.29 is 27.5 Å². The van der Waals surface area contributed by atoms with Crippen molar-refractivity contribution in [3.05, 3.63) is 76.5 Å². The summed E-state index contributed by atoms with van der Waals surface area (Å²) >= 11 is 5.36. The van der Waals surface area contributed by atoms with Gasteiger partial charge in [0.2, 0.25) is 0 Å². The van der Waals surface area contributed by atoms with Crippen LogP contribution in [0.25, 0.3) is 0 Å². The Morgan fingerprint density at radius 3 is 2.55 bits per heavy atom. The maximum absolute atomic E-state index is 13.0. The van der Waals surface area contributed by atoms with Gasteiger partial charge in [0.15, 0.2) is 5.11 Å². The van der Waals surface area contributed by atoms with E-state index in [4.69, 9.17) is 17.0 Å². The molecular weight excluding hydrogens is 455 g/mol. The molecule has 1 aliphatic rings. The second-order valence-electron chi connectivity index (χ2n) is 7.32. The predicted molar refractivity (Wildman–Crippen MR) is 121 cm³/mol. The number of hydrogen-bond donors (Lipinski definition) is 2. The lowest BCUT2D eigenvalue weighted by Crippen LogP contribution is -2.46. The summed E-state index contributed by atoms with van der Waals surface area (Å²) in [5, 5.41) is 6.11. The van der Waals surface area contributed by atoms with Crippen LogP contribution < -0.4 is 10.6 Å². The van der Waals surface area contributed by atoms with Gasteiger partial charge in [-0.3, -0.25) is 4.79 Å². The number of nitrogens with zero attached hydrogens (tertiary/aromatic N) is 1. The van der Waals surface area contributed by atoms with Gasteiger partial charge in [-0.05, 0) is 62.0 Å². The monoisotopic (exact) mass is 477 g/mol. The van der Waals surface area contributed by atoms with E-state index in [1.807, 2.05) is 0 Å². The number of amides is 1. The molecule has 0 fully saturated rings. The highest BCUT2D eigenvalue weighted by molar-refractivity contribution is 7.80. The fourth-order valence-corrected chi connectivity index (χ4v) is 3.65. The number of alkyl halides is 3. The van der Waals surface area contributed by atoms with Crippen molar-refractivity contribution in [2.75, 3.05) is 19.0 Å². The van der Waals surface area contributed by atoms with Crippen molar-refractivity contribution in [2.45, 2.75) is 26.1 Å². The van der Waals surface area contributed by atoms with Gasteiger partial charge in [0.25, 0.3) is 5.91 Å². The van der Waals surface area contributed by atoms with Crippen molar-refractivity contribution in [3.8, 4) is 0 Å². The van der Waals surface area contributed by atoms with Crippen LogP contribution in [0.1, 0.15) is 41.4 Å². The van der Waals surface area contributed by atoms with E-state index in [-0.39, 0.29) is 12.2 Å². The average molecular weight is 478 g/mol. The van der Waals surface area contributed by atoms with Gasteiger partial charge in [0, 0.05) is 24.0 Å². The molecule has 0 aliphatic carbocycles. The molecule has 0 spiro atoms. The molecule has 33 heavy (non-hydrogen) atoms. The number of carbonyl (C=O) groups is 2. The van der Waals surface area contributed by atoms with E-state index >= 15 is 0 Å². The van der Waals surface area contributed by atoms with Gasteiger partial charge in [0.1, 0.15) is 0 Å². The summed E-state index contributed by atoms with van der Waals surface area (Å²) in [4.78, 5) is 26.9. The molecule has 0 radical (unpaired) electrons. The van der Waals surface area contributed by atoms with Crippen molar-refractivity contribution in [1.82, 2.24) is 10.2 Å². The first-order valence-electron chi connectivity index (χ1n) is 10.0. The maximum Gasteiger partial charge on any atom is 0.416 e. The normalized spacial score (nSPS) is 16.4. The Balaban J connectivity index is 1.91. The minimum Gasteiger partial charge on any atom is -0.463 e. The molecule has 1 amide bonds. The highest BCUT2D eigenvalue weighted by Crippen LogP contribution is 2.32. The van der Waals surface area contributed by atoms with Crippen LogP contribution in [0.4, 0.5) is 18.9 Å². The number of hydrogen-bond acceptors (Lipinski definition) is 4. The van der Waals surface area contributed by atoms with Gasteiger partial charge in [-0.1, -0.05) is 18.2 Å². The smallest absolute Gasteiger partial charge is 0.416 e.